The molecule has 2 aromatic carbocycles. The molecule has 2 aromatic rings. The molecule has 1 aliphatic carbocycles. The first-order valence-electron chi connectivity index (χ1n) is 13.4. The Hall–Kier alpha value is -2.09. The number of rotatable bonds is 13. The molecule has 2 nitrogen and oxygen atoms in total. The van der Waals surface area contributed by atoms with E-state index < -0.39 is 5.97 Å². The number of benzene rings is 2. The van der Waals surface area contributed by atoms with Crippen LogP contribution in [0.4, 0.5) is 0 Å². The third kappa shape index (κ3) is 7.19. The molecule has 0 radical (unpaired) electrons. The van der Waals surface area contributed by atoms with Crippen molar-refractivity contribution in [1.82, 2.24) is 0 Å². The topological polar surface area (TPSA) is 37.3 Å². The summed E-state index contributed by atoms with van der Waals surface area (Å²) in [6.45, 7) is 4.59. The monoisotopic (exact) mass is 448 g/mol. The smallest absolute Gasteiger partial charge is 0.307 e. The molecule has 0 amide bonds. The Kier molecular flexibility index (Phi) is 10.0. The van der Waals surface area contributed by atoms with E-state index in [0.29, 0.717) is 12.3 Å². The van der Waals surface area contributed by atoms with Gasteiger partial charge in [-0.2, -0.15) is 0 Å². The van der Waals surface area contributed by atoms with Crippen LogP contribution in [0, 0.1) is 23.2 Å². The van der Waals surface area contributed by atoms with Crippen molar-refractivity contribution in [3.05, 3.63) is 71.8 Å². The van der Waals surface area contributed by atoms with Crippen molar-refractivity contribution in [2.24, 2.45) is 23.2 Å². The molecule has 0 bridgehead atoms. The summed E-state index contributed by atoms with van der Waals surface area (Å²) >= 11 is 0. The summed E-state index contributed by atoms with van der Waals surface area (Å²) in [4.78, 5) is 12.8. The molecule has 0 spiro atoms. The van der Waals surface area contributed by atoms with Crippen LogP contribution < -0.4 is 0 Å². The van der Waals surface area contributed by atoms with Crippen molar-refractivity contribution in [3.63, 3.8) is 0 Å². The predicted molar refractivity (Wildman–Crippen MR) is 138 cm³/mol. The van der Waals surface area contributed by atoms with Crippen LogP contribution in [0.3, 0.4) is 0 Å². The molecule has 180 valence electrons. The first kappa shape index (κ1) is 25.5. The zero-order valence-electron chi connectivity index (χ0n) is 20.8. The number of aliphatic carboxylic acids is 1. The molecule has 1 aliphatic rings. The van der Waals surface area contributed by atoms with Crippen molar-refractivity contribution in [1.29, 1.82) is 0 Å². The first-order valence-corrected chi connectivity index (χ1v) is 13.4. The molecular formula is C31H44O2. The normalized spacial score (nSPS) is 18.4. The molecule has 3 atom stereocenters. The number of carboxylic acid groups (broad SMARTS) is 1. The maximum absolute atomic E-state index is 12.8. The number of hydrogen-bond acceptors (Lipinski definition) is 1. The Bertz CT molecular complexity index is 809. The van der Waals surface area contributed by atoms with Crippen molar-refractivity contribution in [3.8, 4) is 0 Å². The molecule has 0 aliphatic heterocycles. The molecule has 0 heterocycles. The fraction of sp³-hybridized carbons (Fsp3) is 0.581. The number of carboxylic acids is 1. The molecule has 3 unspecified atom stereocenters. The van der Waals surface area contributed by atoms with Crippen LogP contribution in [0.25, 0.3) is 0 Å². The van der Waals surface area contributed by atoms with Gasteiger partial charge in [-0.25, -0.2) is 0 Å². The highest BCUT2D eigenvalue weighted by Crippen LogP contribution is 2.49. The van der Waals surface area contributed by atoms with E-state index in [-0.39, 0.29) is 17.3 Å². The largest absolute Gasteiger partial charge is 0.481 e. The molecule has 33 heavy (non-hydrogen) atoms. The average molecular weight is 449 g/mol. The Morgan fingerprint density at radius 2 is 1.52 bits per heavy atom. The van der Waals surface area contributed by atoms with Gasteiger partial charge < -0.3 is 5.11 Å². The molecule has 1 N–H and O–H groups in total. The second-order valence-corrected chi connectivity index (χ2v) is 10.4. The lowest BCUT2D eigenvalue weighted by atomic mass is 9.59. The minimum Gasteiger partial charge on any atom is -0.481 e. The summed E-state index contributed by atoms with van der Waals surface area (Å²) in [7, 11) is 0. The Labute approximate surface area is 201 Å². The van der Waals surface area contributed by atoms with E-state index in [0.717, 1.165) is 44.1 Å². The van der Waals surface area contributed by atoms with E-state index in [2.05, 4.69) is 56.3 Å². The summed E-state index contributed by atoms with van der Waals surface area (Å²) in [5.41, 5.74) is 2.60. The van der Waals surface area contributed by atoms with Gasteiger partial charge in [0, 0.05) is 0 Å². The lowest BCUT2D eigenvalue weighted by molar-refractivity contribution is -0.147. The van der Waals surface area contributed by atoms with Crippen LogP contribution in [0.15, 0.2) is 60.7 Å². The third-order valence-corrected chi connectivity index (χ3v) is 8.41. The van der Waals surface area contributed by atoms with Gasteiger partial charge in [-0.1, -0.05) is 119 Å². The SMILES string of the molecule is CCCC(CC)(CCc1ccccc1)C(CC1CCCCC1)C(Cc1ccccc1)C(=O)O. The molecule has 2 heteroatoms. The van der Waals surface area contributed by atoms with Gasteiger partial charge in [0.15, 0.2) is 0 Å². The minimum absolute atomic E-state index is 0.0693. The highest BCUT2D eigenvalue weighted by molar-refractivity contribution is 5.71. The first-order chi connectivity index (χ1) is 16.1. The van der Waals surface area contributed by atoms with E-state index in [4.69, 9.17) is 0 Å². The van der Waals surface area contributed by atoms with Gasteiger partial charge >= 0.3 is 5.97 Å². The van der Waals surface area contributed by atoms with Gasteiger partial charge in [-0.3, -0.25) is 4.79 Å². The number of hydrogen-bond donors (Lipinski definition) is 1. The minimum atomic E-state index is -0.603. The second kappa shape index (κ2) is 13.0. The summed E-state index contributed by atoms with van der Waals surface area (Å²) in [6.07, 6.45) is 13.6. The van der Waals surface area contributed by atoms with Crippen molar-refractivity contribution in [2.45, 2.75) is 90.9 Å². The fourth-order valence-electron chi connectivity index (χ4n) is 6.54. The standard InChI is InChI=1S/C31H44O2/c1-3-21-31(4-2,22-20-25-14-8-5-9-15-25)29(24-27-18-12-7-13-19-27)28(30(32)33)23-26-16-10-6-11-17-26/h5-6,8-11,14-17,27-29H,3-4,7,12-13,18-24H2,1-2H3,(H,32,33). The Morgan fingerprint density at radius 3 is 2.06 bits per heavy atom. The second-order valence-electron chi connectivity index (χ2n) is 10.4. The molecule has 0 aromatic heterocycles. The van der Waals surface area contributed by atoms with Crippen LogP contribution >= 0.6 is 0 Å². The van der Waals surface area contributed by atoms with E-state index in [1.54, 1.807) is 0 Å². The van der Waals surface area contributed by atoms with Crippen LogP contribution in [-0.4, -0.2) is 11.1 Å². The van der Waals surface area contributed by atoms with Gasteiger partial charge in [-0.15, -0.1) is 0 Å². The summed E-state index contributed by atoms with van der Waals surface area (Å²) in [6, 6.07) is 21.1. The van der Waals surface area contributed by atoms with Gasteiger partial charge in [0.25, 0.3) is 0 Å². The van der Waals surface area contributed by atoms with Gasteiger partial charge in [0.05, 0.1) is 5.92 Å². The van der Waals surface area contributed by atoms with Gasteiger partial charge in [0.1, 0.15) is 0 Å². The van der Waals surface area contributed by atoms with Gasteiger partial charge in [0.2, 0.25) is 0 Å². The molecule has 3 rings (SSSR count). The van der Waals surface area contributed by atoms with Crippen LogP contribution in [0.5, 0.6) is 0 Å². The number of aryl methyl sites for hydroxylation is 1. The Balaban J connectivity index is 1.94. The van der Waals surface area contributed by atoms with E-state index in [1.165, 1.54) is 37.7 Å². The lowest BCUT2D eigenvalue weighted by Crippen LogP contribution is -2.41. The Morgan fingerprint density at radius 1 is 0.909 bits per heavy atom. The molecule has 1 fully saturated rings. The van der Waals surface area contributed by atoms with Gasteiger partial charge in [-0.05, 0) is 60.5 Å². The summed E-state index contributed by atoms with van der Waals surface area (Å²) < 4.78 is 0. The van der Waals surface area contributed by atoms with E-state index in [1.807, 2.05) is 18.2 Å². The maximum atomic E-state index is 12.8. The lowest BCUT2D eigenvalue weighted by Gasteiger charge is -2.45. The number of carbonyl (C=O) groups is 1. The molecule has 0 saturated heterocycles. The predicted octanol–water partition coefficient (Wildman–Crippen LogP) is 8.35. The zero-order valence-corrected chi connectivity index (χ0v) is 20.8. The maximum Gasteiger partial charge on any atom is 0.307 e. The van der Waals surface area contributed by atoms with Crippen LogP contribution in [0.1, 0.15) is 89.2 Å². The van der Waals surface area contributed by atoms with E-state index in [9.17, 15) is 9.90 Å². The summed E-state index contributed by atoms with van der Waals surface area (Å²) in [5.74, 6) is -0.0299. The summed E-state index contributed by atoms with van der Waals surface area (Å²) in [5, 5.41) is 10.5. The van der Waals surface area contributed by atoms with Crippen LogP contribution in [-0.2, 0) is 17.6 Å². The fourth-order valence-corrected chi connectivity index (χ4v) is 6.54. The van der Waals surface area contributed by atoms with Crippen molar-refractivity contribution >= 4 is 5.97 Å². The quantitative estimate of drug-likeness (QED) is 0.334. The molecular weight excluding hydrogens is 404 g/mol. The molecule has 1 saturated carbocycles. The van der Waals surface area contributed by atoms with Crippen LogP contribution in [0.2, 0.25) is 0 Å². The highest BCUT2D eigenvalue weighted by Gasteiger charge is 2.44. The zero-order chi connectivity index (χ0) is 23.5. The average Bonchev–Trinajstić information content (AvgIpc) is 2.86. The van der Waals surface area contributed by atoms with Crippen molar-refractivity contribution in [2.75, 3.05) is 0 Å². The third-order valence-electron chi connectivity index (χ3n) is 8.41. The highest BCUT2D eigenvalue weighted by atomic mass is 16.4. The van der Waals surface area contributed by atoms with Crippen molar-refractivity contribution < 1.29 is 9.90 Å². The van der Waals surface area contributed by atoms with E-state index >= 15 is 0 Å².